The number of guanidine groups is 1. The molecule has 1 fully saturated rings. The number of rotatable bonds is 2. The van der Waals surface area contributed by atoms with Gasteiger partial charge in [-0.15, -0.1) is 0 Å². The third-order valence-electron chi connectivity index (χ3n) is 3.78. The van der Waals surface area contributed by atoms with Crippen LogP contribution in [0.4, 0.5) is 13.2 Å². The number of nitrogens with zero attached hydrogens (tertiary/aromatic N) is 1. The normalized spacial score (nSPS) is 35.7. The molecule has 0 spiro atoms. The van der Waals surface area contributed by atoms with Gasteiger partial charge in [-0.1, -0.05) is 0 Å². The molecule has 0 aromatic rings. The highest BCUT2D eigenvalue weighted by atomic mass is 19.4. The van der Waals surface area contributed by atoms with Crippen LogP contribution < -0.4 is 10.6 Å². The van der Waals surface area contributed by atoms with Gasteiger partial charge in [0.05, 0.1) is 18.1 Å². The molecule has 19 heavy (non-hydrogen) atoms. The van der Waals surface area contributed by atoms with Crippen LogP contribution in [0.5, 0.6) is 0 Å². The maximum Gasteiger partial charge on any atom is 0.391 e. The van der Waals surface area contributed by atoms with Crippen molar-refractivity contribution in [2.24, 2.45) is 10.9 Å². The van der Waals surface area contributed by atoms with E-state index < -0.39 is 17.7 Å². The van der Waals surface area contributed by atoms with Crippen molar-refractivity contribution >= 4 is 5.96 Å². The second-order valence-corrected chi connectivity index (χ2v) is 5.65. The van der Waals surface area contributed by atoms with Crippen LogP contribution in [0.3, 0.4) is 0 Å². The van der Waals surface area contributed by atoms with Gasteiger partial charge in [0, 0.05) is 12.6 Å². The van der Waals surface area contributed by atoms with Crippen LogP contribution in [-0.2, 0) is 0 Å². The summed E-state index contributed by atoms with van der Waals surface area (Å²) in [7, 11) is 0. The molecule has 0 bridgehead atoms. The summed E-state index contributed by atoms with van der Waals surface area (Å²) in [5, 5.41) is 16.3. The van der Waals surface area contributed by atoms with E-state index in [0.717, 1.165) is 0 Å². The summed E-state index contributed by atoms with van der Waals surface area (Å²) >= 11 is 0. The Morgan fingerprint density at radius 1 is 1.53 bits per heavy atom. The monoisotopic (exact) mass is 279 g/mol. The third kappa shape index (κ3) is 3.75. The van der Waals surface area contributed by atoms with Crippen molar-refractivity contribution in [1.82, 2.24) is 10.6 Å². The smallest absolute Gasteiger partial charge is 0.388 e. The van der Waals surface area contributed by atoms with Crippen molar-refractivity contribution in [1.29, 1.82) is 0 Å². The average Bonchev–Trinajstić information content (AvgIpc) is 2.72. The Bertz CT molecular complexity index is 359. The molecule has 1 aliphatic carbocycles. The molecule has 0 amide bonds. The Morgan fingerprint density at radius 3 is 2.84 bits per heavy atom. The Hall–Kier alpha value is -0.980. The van der Waals surface area contributed by atoms with Crippen LogP contribution in [0.25, 0.3) is 0 Å². The van der Waals surface area contributed by atoms with Crippen LogP contribution in [0.1, 0.15) is 32.6 Å². The summed E-state index contributed by atoms with van der Waals surface area (Å²) in [5.41, 5.74) is -1.30. The SMILES string of the molecule is CC1CN=C(NCC2(O)CCCC(C(F)(F)F)C2)N1. The standard InChI is InChI=1S/C12H20F3N3O/c1-8-6-16-10(18-8)17-7-11(19)4-2-3-9(5-11)12(13,14)15/h8-9,19H,2-7H2,1H3,(H2,16,17,18). The van der Waals surface area contributed by atoms with Crippen molar-refractivity contribution in [2.45, 2.75) is 50.4 Å². The van der Waals surface area contributed by atoms with Gasteiger partial charge < -0.3 is 15.7 Å². The van der Waals surface area contributed by atoms with E-state index >= 15 is 0 Å². The van der Waals surface area contributed by atoms with Crippen LogP contribution in [0, 0.1) is 5.92 Å². The Kier molecular flexibility index (Phi) is 3.94. The van der Waals surface area contributed by atoms with Gasteiger partial charge in [-0.05, 0) is 32.6 Å². The molecule has 0 aromatic heterocycles. The molecule has 110 valence electrons. The zero-order chi connectivity index (χ0) is 14.1. The van der Waals surface area contributed by atoms with Gasteiger partial charge in [-0.25, -0.2) is 0 Å². The summed E-state index contributed by atoms with van der Waals surface area (Å²) in [4.78, 5) is 4.16. The molecule has 0 aromatic carbocycles. The number of nitrogens with one attached hydrogen (secondary N) is 2. The minimum absolute atomic E-state index is 0.109. The molecule has 3 unspecified atom stereocenters. The van der Waals surface area contributed by atoms with Gasteiger partial charge in [-0.2, -0.15) is 13.2 Å². The van der Waals surface area contributed by atoms with Gasteiger partial charge in [-0.3, -0.25) is 4.99 Å². The summed E-state index contributed by atoms with van der Waals surface area (Å²) < 4.78 is 38.1. The van der Waals surface area contributed by atoms with E-state index in [1.807, 2.05) is 6.92 Å². The number of halogens is 3. The molecule has 1 aliphatic heterocycles. The molecule has 2 rings (SSSR count). The van der Waals surface area contributed by atoms with Crippen LogP contribution in [0.15, 0.2) is 4.99 Å². The zero-order valence-corrected chi connectivity index (χ0v) is 10.9. The third-order valence-corrected chi connectivity index (χ3v) is 3.78. The highest BCUT2D eigenvalue weighted by molar-refractivity contribution is 5.81. The van der Waals surface area contributed by atoms with Crippen molar-refractivity contribution in [2.75, 3.05) is 13.1 Å². The van der Waals surface area contributed by atoms with E-state index in [2.05, 4.69) is 15.6 Å². The van der Waals surface area contributed by atoms with Gasteiger partial charge in [0.25, 0.3) is 0 Å². The first-order chi connectivity index (χ1) is 8.78. The quantitative estimate of drug-likeness (QED) is 0.716. The molecule has 3 atom stereocenters. The first kappa shape index (κ1) is 14.4. The second kappa shape index (κ2) is 5.19. The second-order valence-electron chi connectivity index (χ2n) is 5.65. The lowest BCUT2D eigenvalue weighted by molar-refractivity contribution is -0.199. The maximum absolute atomic E-state index is 12.7. The van der Waals surface area contributed by atoms with E-state index in [9.17, 15) is 18.3 Å². The topological polar surface area (TPSA) is 56.7 Å². The molecule has 0 radical (unpaired) electrons. The molecule has 4 nitrogen and oxygen atoms in total. The fraction of sp³-hybridized carbons (Fsp3) is 0.917. The number of alkyl halides is 3. The van der Waals surface area contributed by atoms with Crippen molar-refractivity contribution in [3.05, 3.63) is 0 Å². The minimum atomic E-state index is -4.22. The Labute approximate surface area is 110 Å². The molecule has 1 saturated carbocycles. The van der Waals surface area contributed by atoms with E-state index in [-0.39, 0.29) is 25.4 Å². The molecule has 7 heteroatoms. The maximum atomic E-state index is 12.7. The van der Waals surface area contributed by atoms with E-state index in [0.29, 0.717) is 25.3 Å². The summed E-state index contributed by atoms with van der Waals surface area (Å²) in [5.74, 6) is -0.833. The van der Waals surface area contributed by atoms with Gasteiger partial charge >= 0.3 is 6.18 Å². The van der Waals surface area contributed by atoms with Crippen molar-refractivity contribution < 1.29 is 18.3 Å². The average molecular weight is 279 g/mol. The van der Waals surface area contributed by atoms with Gasteiger partial charge in [0.1, 0.15) is 0 Å². The minimum Gasteiger partial charge on any atom is -0.388 e. The fourth-order valence-electron chi connectivity index (χ4n) is 2.69. The number of hydrogen-bond donors (Lipinski definition) is 3. The molecule has 3 N–H and O–H groups in total. The van der Waals surface area contributed by atoms with Crippen LogP contribution >= 0.6 is 0 Å². The van der Waals surface area contributed by atoms with E-state index in [4.69, 9.17) is 0 Å². The van der Waals surface area contributed by atoms with Crippen LogP contribution in [-0.4, -0.2) is 42.0 Å². The van der Waals surface area contributed by atoms with Crippen LogP contribution in [0.2, 0.25) is 0 Å². The van der Waals surface area contributed by atoms with E-state index in [1.165, 1.54) is 0 Å². The first-order valence-electron chi connectivity index (χ1n) is 6.62. The van der Waals surface area contributed by atoms with Gasteiger partial charge in [0.15, 0.2) is 5.96 Å². The lowest BCUT2D eigenvalue weighted by atomic mass is 9.77. The summed E-state index contributed by atoms with van der Waals surface area (Å²) in [6, 6.07) is 0.228. The highest BCUT2D eigenvalue weighted by Crippen LogP contribution is 2.41. The van der Waals surface area contributed by atoms with Crippen molar-refractivity contribution in [3.8, 4) is 0 Å². The number of aliphatic hydroxyl groups is 1. The zero-order valence-electron chi connectivity index (χ0n) is 10.9. The lowest BCUT2D eigenvalue weighted by Crippen LogP contribution is -2.50. The summed E-state index contributed by atoms with van der Waals surface area (Å²) in [6.07, 6.45) is -3.53. The fourth-order valence-corrected chi connectivity index (χ4v) is 2.69. The predicted molar refractivity (Wildman–Crippen MR) is 65.9 cm³/mol. The number of hydrogen-bond acceptors (Lipinski definition) is 4. The molecule has 2 aliphatic rings. The number of aliphatic imine (C=N–C) groups is 1. The molecular formula is C12H20F3N3O. The Morgan fingerprint density at radius 2 is 2.26 bits per heavy atom. The largest absolute Gasteiger partial charge is 0.391 e. The van der Waals surface area contributed by atoms with E-state index in [1.54, 1.807) is 0 Å². The molecule has 0 saturated heterocycles. The predicted octanol–water partition coefficient (Wildman–Crippen LogP) is 1.41. The highest BCUT2D eigenvalue weighted by Gasteiger charge is 2.46. The van der Waals surface area contributed by atoms with Gasteiger partial charge in [0.2, 0.25) is 0 Å². The Balaban J connectivity index is 1.87. The first-order valence-corrected chi connectivity index (χ1v) is 6.62. The molecular weight excluding hydrogens is 259 g/mol. The molecule has 1 heterocycles. The lowest BCUT2D eigenvalue weighted by Gasteiger charge is -2.37. The summed E-state index contributed by atoms with van der Waals surface area (Å²) in [6.45, 7) is 2.72. The van der Waals surface area contributed by atoms with Crippen molar-refractivity contribution in [3.63, 3.8) is 0 Å².